The standard InChI is InChI=1S/C28H35N5O5Si/c1-5-23(34)36-16-20(37-19-33-18-30-24-25(33)31-27(29)32-26(24)35)17-38-39(28(2,3)4,21-12-8-6-9-13-21)22-14-10-7-11-15-22/h6-15,18,20H,5,16-17,19H2,1-4H3,(H3,29,31,32,35). The van der Waals surface area contributed by atoms with Crippen molar-refractivity contribution in [1.82, 2.24) is 19.5 Å². The second-order valence-electron chi connectivity index (χ2n) is 10.3. The molecular formula is C28H35N5O5Si. The van der Waals surface area contributed by atoms with Gasteiger partial charge in [0.1, 0.15) is 19.4 Å². The van der Waals surface area contributed by atoms with Crippen LogP contribution in [0.4, 0.5) is 5.95 Å². The van der Waals surface area contributed by atoms with E-state index in [1.54, 1.807) is 11.5 Å². The summed E-state index contributed by atoms with van der Waals surface area (Å²) in [5, 5.41) is 2.03. The largest absolute Gasteiger partial charge is 0.463 e. The summed E-state index contributed by atoms with van der Waals surface area (Å²) >= 11 is 0. The molecule has 3 N–H and O–H groups in total. The van der Waals surface area contributed by atoms with E-state index in [0.717, 1.165) is 10.4 Å². The summed E-state index contributed by atoms with van der Waals surface area (Å²) in [6.45, 7) is 8.50. The molecule has 0 amide bonds. The first kappa shape index (κ1) is 28.2. The van der Waals surface area contributed by atoms with Crippen LogP contribution in [0.15, 0.2) is 71.8 Å². The minimum absolute atomic E-state index is 0.00480. The van der Waals surface area contributed by atoms with Gasteiger partial charge in [-0.2, -0.15) is 4.98 Å². The highest BCUT2D eigenvalue weighted by Gasteiger charge is 2.50. The summed E-state index contributed by atoms with van der Waals surface area (Å²) in [4.78, 5) is 34.9. The van der Waals surface area contributed by atoms with E-state index in [-0.39, 0.29) is 48.8 Å². The Morgan fingerprint density at radius 1 is 1.05 bits per heavy atom. The molecule has 206 valence electrons. The van der Waals surface area contributed by atoms with Crippen LogP contribution in [0.2, 0.25) is 5.04 Å². The number of hydrogen-bond donors (Lipinski definition) is 2. The van der Waals surface area contributed by atoms with Crippen molar-refractivity contribution in [1.29, 1.82) is 0 Å². The van der Waals surface area contributed by atoms with Crippen molar-refractivity contribution < 1.29 is 18.7 Å². The Morgan fingerprint density at radius 2 is 1.67 bits per heavy atom. The zero-order chi connectivity index (χ0) is 28.0. The molecule has 2 aromatic carbocycles. The lowest BCUT2D eigenvalue weighted by Gasteiger charge is -2.43. The molecule has 0 saturated carbocycles. The van der Waals surface area contributed by atoms with Gasteiger partial charge in [0.05, 0.1) is 12.9 Å². The molecular weight excluding hydrogens is 514 g/mol. The van der Waals surface area contributed by atoms with Crippen molar-refractivity contribution in [2.45, 2.75) is 52.0 Å². The smallest absolute Gasteiger partial charge is 0.305 e. The Kier molecular flexibility index (Phi) is 8.63. The predicted molar refractivity (Wildman–Crippen MR) is 152 cm³/mol. The van der Waals surface area contributed by atoms with Crippen molar-refractivity contribution in [3.8, 4) is 0 Å². The molecule has 10 nitrogen and oxygen atoms in total. The molecule has 2 aromatic heterocycles. The van der Waals surface area contributed by atoms with Crippen LogP contribution in [0.1, 0.15) is 34.1 Å². The van der Waals surface area contributed by atoms with Crippen LogP contribution in [0.25, 0.3) is 11.2 Å². The maximum atomic E-state index is 12.2. The molecule has 2 heterocycles. The van der Waals surface area contributed by atoms with Gasteiger partial charge < -0.3 is 19.6 Å². The number of nitrogen functional groups attached to an aromatic ring is 1. The summed E-state index contributed by atoms with van der Waals surface area (Å²) < 4.78 is 20.2. The first-order valence-corrected chi connectivity index (χ1v) is 14.8. The third kappa shape index (κ3) is 6.11. The van der Waals surface area contributed by atoms with E-state index in [9.17, 15) is 9.59 Å². The Bertz CT molecular complexity index is 1410. The first-order chi connectivity index (χ1) is 18.7. The monoisotopic (exact) mass is 549 g/mol. The lowest BCUT2D eigenvalue weighted by molar-refractivity contribution is -0.149. The number of anilines is 1. The van der Waals surface area contributed by atoms with E-state index >= 15 is 0 Å². The molecule has 0 aliphatic heterocycles. The number of esters is 1. The zero-order valence-corrected chi connectivity index (χ0v) is 23.7. The average molecular weight is 550 g/mol. The van der Waals surface area contributed by atoms with Gasteiger partial charge in [0.25, 0.3) is 13.9 Å². The number of nitrogens with one attached hydrogen (secondary N) is 1. The Balaban J connectivity index is 1.65. The number of H-pyrrole nitrogens is 1. The Labute approximate surface area is 228 Å². The van der Waals surface area contributed by atoms with Crippen LogP contribution in [0.5, 0.6) is 0 Å². The molecule has 4 aromatic rings. The van der Waals surface area contributed by atoms with Gasteiger partial charge in [-0.3, -0.25) is 19.1 Å². The molecule has 4 rings (SSSR count). The molecule has 0 aliphatic rings. The van der Waals surface area contributed by atoms with Gasteiger partial charge in [-0.25, -0.2) is 4.98 Å². The van der Waals surface area contributed by atoms with Crippen molar-refractivity contribution in [3.63, 3.8) is 0 Å². The van der Waals surface area contributed by atoms with E-state index in [2.05, 4.69) is 60.0 Å². The van der Waals surface area contributed by atoms with Crippen LogP contribution in [0, 0.1) is 0 Å². The highest BCUT2D eigenvalue weighted by atomic mass is 28.4. The van der Waals surface area contributed by atoms with Crippen LogP contribution >= 0.6 is 0 Å². The third-order valence-corrected chi connectivity index (χ3v) is 11.6. The maximum absolute atomic E-state index is 12.2. The number of benzene rings is 2. The van der Waals surface area contributed by atoms with Crippen molar-refractivity contribution in [2.24, 2.45) is 0 Å². The summed E-state index contributed by atoms with van der Waals surface area (Å²) in [5.41, 5.74) is 5.76. The van der Waals surface area contributed by atoms with E-state index in [4.69, 9.17) is 19.6 Å². The minimum atomic E-state index is -2.84. The van der Waals surface area contributed by atoms with E-state index in [1.165, 1.54) is 6.33 Å². The number of rotatable bonds is 11. The quantitative estimate of drug-likeness (QED) is 0.215. The number of carbonyl (C=O) groups excluding carboxylic acids is 1. The van der Waals surface area contributed by atoms with E-state index < -0.39 is 20.0 Å². The fraction of sp³-hybridized carbons (Fsp3) is 0.357. The number of carbonyl (C=O) groups is 1. The molecule has 0 saturated heterocycles. The fourth-order valence-electron chi connectivity index (χ4n) is 4.66. The predicted octanol–water partition coefficient (Wildman–Crippen LogP) is 2.57. The Morgan fingerprint density at radius 3 is 2.23 bits per heavy atom. The number of ether oxygens (including phenoxy) is 2. The Hall–Kier alpha value is -3.80. The van der Waals surface area contributed by atoms with Crippen LogP contribution in [-0.2, 0) is 25.4 Å². The van der Waals surface area contributed by atoms with Gasteiger partial charge in [-0.15, -0.1) is 0 Å². The number of aromatic nitrogens is 4. The van der Waals surface area contributed by atoms with Gasteiger partial charge in [-0.05, 0) is 15.4 Å². The van der Waals surface area contributed by atoms with Gasteiger partial charge in [0, 0.05) is 6.42 Å². The molecule has 0 spiro atoms. The van der Waals surface area contributed by atoms with Gasteiger partial charge in [-0.1, -0.05) is 88.4 Å². The van der Waals surface area contributed by atoms with Crippen LogP contribution in [-0.4, -0.2) is 53.1 Å². The zero-order valence-electron chi connectivity index (χ0n) is 22.7. The molecule has 0 bridgehead atoms. The third-order valence-electron chi connectivity index (χ3n) is 6.56. The lowest BCUT2D eigenvalue weighted by Crippen LogP contribution is -2.67. The number of nitrogens with zero attached hydrogens (tertiary/aromatic N) is 3. The SMILES string of the molecule is CCC(=O)OCC(CO[Si](c1ccccc1)(c1ccccc1)C(C)(C)C)OCn1cnc2c(=O)[nH]c(N)nc21. The van der Waals surface area contributed by atoms with Gasteiger partial charge >= 0.3 is 5.97 Å². The number of fused-ring (bicyclic) bond motifs is 1. The molecule has 0 fully saturated rings. The summed E-state index contributed by atoms with van der Waals surface area (Å²) in [5.74, 6) is -0.346. The summed E-state index contributed by atoms with van der Waals surface area (Å²) in [6.07, 6.45) is 1.11. The highest BCUT2D eigenvalue weighted by Crippen LogP contribution is 2.36. The van der Waals surface area contributed by atoms with Gasteiger partial charge in [0.15, 0.2) is 11.2 Å². The highest BCUT2D eigenvalue weighted by molar-refractivity contribution is 6.99. The number of nitrogens with two attached hydrogens (primary N) is 1. The number of hydrogen-bond acceptors (Lipinski definition) is 8. The second-order valence-corrected chi connectivity index (χ2v) is 14.6. The van der Waals surface area contributed by atoms with Gasteiger partial charge in [0.2, 0.25) is 5.95 Å². The fourth-order valence-corrected chi connectivity index (χ4v) is 9.25. The molecule has 1 unspecified atom stereocenters. The van der Waals surface area contributed by atoms with E-state index in [0.29, 0.717) is 5.65 Å². The normalized spacial score (nSPS) is 12.9. The molecule has 39 heavy (non-hydrogen) atoms. The number of aromatic amines is 1. The molecule has 0 aliphatic carbocycles. The molecule has 11 heteroatoms. The van der Waals surface area contributed by atoms with Crippen molar-refractivity contribution >= 4 is 41.8 Å². The minimum Gasteiger partial charge on any atom is -0.463 e. The summed E-state index contributed by atoms with van der Waals surface area (Å²) in [6, 6.07) is 20.5. The topological polar surface area (TPSA) is 134 Å². The van der Waals surface area contributed by atoms with Crippen molar-refractivity contribution in [2.75, 3.05) is 18.9 Å². The molecule has 0 radical (unpaired) electrons. The first-order valence-electron chi connectivity index (χ1n) is 12.9. The second kappa shape index (κ2) is 11.9. The van der Waals surface area contributed by atoms with Crippen molar-refractivity contribution in [3.05, 3.63) is 77.3 Å². The van der Waals surface area contributed by atoms with Crippen LogP contribution in [0.3, 0.4) is 0 Å². The lowest BCUT2D eigenvalue weighted by atomic mass is 10.2. The van der Waals surface area contributed by atoms with Crippen LogP contribution < -0.4 is 21.7 Å². The molecule has 1 atom stereocenters. The summed E-state index contributed by atoms with van der Waals surface area (Å²) in [7, 11) is -2.84. The van der Waals surface area contributed by atoms with E-state index in [1.807, 2.05) is 36.4 Å². The number of imidazole rings is 1. The maximum Gasteiger partial charge on any atom is 0.305 e. The average Bonchev–Trinajstić information content (AvgIpc) is 3.33.